The van der Waals surface area contributed by atoms with Gasteiger partial charge in [0.05, 0.1) is 19.3 Å². The number of aliphatic hydroxyl groups excluding tert-OH is 1. The number of hydrogen-bond donors (Lipinski definition) is 1. The largest absolute Gasteiger partial charge is 0.490 e. The monoisotopic (exact) mass is 234 g/mol. The molecular formula is C14H18O3. The number of benzene rings is 1. The molecule has 0 aromatic heterocycles. The molecule has 1 N–H and O–H groups in total. The zero-order valence-electron chi connectivity index (χ0n) is 10.3. The second-order valence-corrected chi connectivity index (χ2v) is 5.54. The Morgan fingerprint density at radius 1 is 1.18 bits per heavy atom. The predicted octanol–water partition coefficient (Wildman–Crippen LogP) is 2.56. The molecule has 1 aliphatic carbocycles. The van der Waals surface area contributed by atoms with Crippen molar-refractivity contribution in [2.75, 3.05) is 13.2 Å². The van der Waals surface area contributed by atoms with E-state index in [1.807, 2.05) is 12.1 Å². The quantitative estimate of drug-likeness (QED) is 0.749. The molecule has 0 saturated carbocycles. The van der Waals surface area contributed by atoms with Crippen LogP contribution in [0.5, 0.6) is 11.5 Å². The van der Waals surface area contributed by atoms with E-state index in [9.17, 15) is 5.11 Å². The molecular weight excluding hydrogens is 216 g/mol. The van der Waals surface area contributed by atoms with Crippen molar-refractivity contribution in [1.82, 2.24) is 0 Å². The lowest BCUT2D eigenvalue weighted by Crippen LogP contribution is -2.12. The summed E-state index contributed by atoms with van der Waals surface area (Å²) in [5.41, 5.74) is 2.20. The maximum Gasteiger partial charge on any atom is 0.161 e. The topological polar surface area (TPSA) is 38.7 Å². The Bertz CT molecular complexity index is 451. The second-order valence-electron chi connectivity index (χ2n) is 5.54. The summed E-state index contributed by atoms with van der Waals surface area (Å²) < 4.78 is 11.3. The maximum absolute atomic E-state index is 10.1. The summed E-state index contributed by atoms with van der Waals surface area (Å²) in [6.45, 7) is 5.71. The van der Waals surface area contributed by atoms with E-state index < -0.39 is 0 Å². The molecule has 0 fully saturated rings. The molecule has 1 atom stereocenters. The van der Waals surface area contributed by atoms with E-state index in [2.05, 4.69) is 13.8 Å². The van der Waals surface area contributed by atoms with E-state index in [1.54, 1.807) is 0 Å². The van der Waals surface area contributed by atoms with Crippen LogP contribution in [0.2, 0.25) is 0 Å². The molecule has 3 rings (SSSR count). The summed E-state index contributed by atoms with van der Waals surface area (Å²) in [6.07, 6.45) is 1.30. The van der Waals surface area contributed by atoms with Gasteiger partial charge in [-0.05, 0) is 35.1 Å². The Morgan fingerprint density at radius 3 is 2.53 bits per heavy atom. The average Bonchev–Trinajstić information content (AvgIpc) is 2.46. The minimum atomic E-state index is -0.378. The minimum absolute atomic E-state index is 0.0133. The van der Waals surface area contributed by atoms with E-state index in [1.165, 1.54) is 5.56 Å². The molecule has 0 radical (unpaired) electrons. The molecule has 0 amide bonds. The third kappa shape index (κ3) is 1.69. The molecule has 92 valence electrons. The van der Waals surface area contributed by atoms with Gasteiger partial charge in [0, 0.05) is 6.42 Å². The van der Waals surface area contributed by atoms with Crippen molar-refractivity contribution in [3.8, 4) is 11.5 Å². The molecule has 0 spiro atoms. The van der Waals surface area contributed by atoms with Gasteiger partial charge in [-0.3, -0.25) is 0 Å². The first-order chi connectivity index (χ1) is 8.08. The van der Waals surface area contributed by atoms with Crippen molar-refractivity contribution in [3.63, 3.8) is 0 Å². The Labute approximate surface area is 101 Å². The first kappa shape index (κ1) is 10.9. The van der Waals surface area contributed by atoms with Crippen LogP contribution in [0.25, 0.3) is 0 Å². The normalized spacial score (nSPS) is 25.2. The van der Waals surface area contributed by atoms with E-state index in [0.29, 0.717) is 13.2 Å². The number of hydrogen-bond acceptors (Lipinski definition) is 3. The summed E-state index contributed by atoms with van der Waals surface area (Å²) >= 11 is 0. The molecule has 3 nitrogen and oxygen atoms in total. The van der Waals surface area contributed by atoms with Crippen molar-refractivity contribution in [2.24, 2.45) is 0 Å². The van der Waals surface area contributed by atoms with Gasteiger partial charge in [0.15, 0.2) is 11.5 Å². The molecule has 1 aliphatic heterocycles. The molecule has 17 heavy (non-hydrogen) atoms. The first-order valence-electron chi connectivity index (χ1n) is 6.20. The highest BCUT2D eigenvalue weighted by Gasteiger charge is 2.37. The number of ether oxygens (including phenoxy) is 2. The van der Waals surface area contributed by atoms with Gasteiger partial charge in [0.2, 0.25) is 0 Å². The highest BCUT2D eigenvalue weighted by molar-refractivity contribution is 5.53. The molecule has 0 bridgehead atoms. The van der Waals surface area contributed by atoms with E-state index in [4.69, 9.17) is 9.47 Å². The Balaban J connectivity index is 2.12. The van der Waals surface area contributed by atoms with Gasteiger partial charge in [0.1, 0.15) is 0 Å². The SMILES string of the molecule is CC1(C)C[C@H](O)c2cc3c(cc21)OCCCO3. The summed E-state index contributed by atoms with van der Waals surface area (Å²) in [5, 5.41) is 10.1. The van der Waals surface area contributed by atoms with Gasteiger partial charge in [-0.1, -0.05) is 13.8 Å². The lowest BCUT2D eigenvalue weighted by Gasteiger charge is -2.19. The van der Waals surface area contributed by atoms with Crippen LogP contribution in [0.15, 0.2) is 12.1 Å². The molecule has 1 heterocycles. The van der Waals surface area contributed by atoms with Gasteiger partial charge in [0.25, 0.3) is 0 Å². The van der Waals surface area contributed by atoms with Gasteiger partial charge in [-0.2, -0.15) is 0 Å². The van der Waals surface area contributed by atoms with Gasteiger partial charge in [-0.25, -0.2) is 0 Å². The third-order valence-corrected chi connectivity index (χ3v) is 3.71. The predicted molar refractivity (Wildman–Crippen MR) is 64.7 cm³/mol. The minimum Gasteiger partial charge on any atom is -0.490 e. The molecule has 1 aromatic carbocycles. The average molecular weight is 234 g/mol. The zero-order chi connectivity index (χ0) is 12.0. The van der Waals surface area contributed by atoms with Crippen molar-refractivity contribution in [2.45, 2.75) is 38.2 Å². The lowest BCUT2D eigenvalue weighted by molar-refractivity contribution is 0.161. The van der Waals surface area contributed by atoms with Crippen molar-refractivity contribution in [3.05, 3.63) is 23.3 Å². The van der Waals surface area contributed by atoms with Gasteiger partial charge < -0.3 is 14.6 Å². The zero-order valence-corrected chi connectivity index (χ0v) is 10.3. The molecule has 0 unspecified atom stereocenters. The molecule has 2 aliphatic rings. The highest BCUT2D eigenvalue weighted by atomic mass is 16.5. The smallest absolute Gasteiger partial charge is 0.161 e. The highest BCUT2D eigenvalue weighted by Crippen LogP contribution is 2.48. The van der Waals surface area contributed by atoms with Crippen LogP contribution in [0.4, 0.5) is 0 Å². The second kappa shape index (κ2) is 3.64. The standard InChI is InChI=1S/C14H18O3/c1-14(2)8-11(15)9-6-12-13(7-10(9)14)17-5-3-4-16-12/h6-7,11,15H,3-5,8H2,1-2H3/t11-/m0/s1. The molecule has 3 heteroatoms. The van der Waals surface area contributed by atoms with Crippen LogP contribution in [0, 0.1) is 0 Å². The van der Waals surface area contributed by atoms with Crippen LogP contribution in [-0.2, 0) is 5.41 Å². The summed E-state index contributed by atoms with van der Waals surface area (Å²) in [4.78, 5) is 0. The Morgan fingerprint density at radius 2 is 1.82 bits per heavy atom. The Hall–Kier alpha value is -1.22. The van der Waals surface area contributed by atoms with Crippen LogP contribution < -0.4 is 9.47 Å². The number of fused-ring (bicyclic) bond motifs is 2. The summed E-state index contributed by atoms with van der Waals surface area (Å²) in [7, 11) is 0. The molecule has 0 saturated heterocycles. The van der Waals surface area contributed by atoms with Crippen molar-refractivity contribution in [1.29, 1.82) is 0 Å². The van der Waals surface area contributed by atoms with E-state index in [-0.39, 0.29) is 11.5 Å². The Kier molecular flexibility index (Phi) is 2.33. The third-order valence-electron chi connectivity index (χ3n) is 3.71. The number of aliphatic hydroxyl groups is 1. The van der Waals surface area contributed by atoms with E-state index in [0.717, 1.165) is 29.9 Å². The first-order valence-corrected chi connectivity index (χ1v) is 6.20. The van der Waals surface area contributed by atoms with Crippen molar-refractivity contribution < 1.29 is 14.6 Å². The number of rotatable bonds is 0. The van der Waals surface area contributed by atoms with Gasteiger partial charge in [-0.15, -0.1) is 0 Å². The van der Waals surface area contributed by atoms with Crippen LogP contribution in [0.3, 0.4) is 0 Å². The fourth-order valence-corrected chi connectivity index (χ4v) is 2.79. The van der Waals surface area contributed by atoms with Crippen LogP contribution in [-0.4, -0.2) is 18.3 Å². The van der Waals surface area contributed by atoms with Crippen LogP contribution in [0.1, 0.15) is 43.9 Å². The fraction of sp³-hybridized carbons (Fsp3) is 0.571. The summed E-state index contributed by atoms with van der Waals surface area (Å²) in [5.74, 6) is 1.60. The van der Waals surface area contributed by atoms with Gasteiger partial charge >= 0.3 is 0 Å². The summed E-state index contributed by atoms with van der Waals surface area (Å²) in [6, 6.07) is 4.00. The maximum atomic E-state index is 10.1. The van der Waals surface area contributed by atoms with E-state index >= 15 is 0 Å². The lowest BCUT2D eigenvalue weighted by atomic mass is 9.86. The molecule has 1 aromatic rings. The van der Waals surface area contributed by atoms with Crippen LogP contribution >= 0.6 is 0 Å². The van der Waals surface area contributed by atoms with Crippen molar-refractivity contribution >= 4 is 0 Å². The fourth-order valence-electron chi connectivity index (χ4n) is 2.79.